The topological polar surface area (TPSA) is 9.23 Å². The normalized spacial score (nSPS) is 14.4. The number of halogens is 7. The zero-order valence-corrected chi connectivity index (χ0v) is 10.4. The molecule has 0 saturated heterocycles. The van der Waals surface area contributed by atoms with Gasteiger partial charge in [0.2, 0.25) is 0 Å². The Morgan fingerprint density at radius 2 is 1.72 bits per heavy atom. The van der Waals surface area contributed by atoms with Gasteiger partial charge in [0, 0.05) is 5.56 Å². The van der Waals surface area contributed by atoms with Crippen molar-refractivity contribution in [2.45, 2.75) is 16.9 Å². The van der Waals surface area contributed by atoms with Gasteiger partial charge in [-0.05, 0) is 18.2 Å². The van der Waals surface area contributed by atoms with Gasteiger partial charge in [0.05, 0.1) is 7.11 Å². The van der Waals surface area contributed by atoms with Gasteiger partial charge >= 0.3 is 12.1 Å². The summed E-state index contributed by atoms with van der Waals surface area (Å²) in [7, 11) is 1.09. The van der Waals surface area contributed by atoms with Crippen LogP contribution in [0.4, 0.5) is 26.3 Å². The zero-order valence-electron chi connectivity index (χ0n) is 8.86. The third-order valence-corrected chi connectivity index (χ3v) is 3.23. The molecule has 0 bridgehead atoms. The number of alkyl halides is 6. The average molecular weight is 337 g/mol. The maximum absolute atomic E-state index is 13.1. The Bertz CT molecular complexity index is 431. The first kappa shape index (κ1) is 15.1. The summed E-state index contributed by atoms with van der Waals surface area (Å²) in [5.74, 6) is -6.25. The molecule has 0 amide bonds. The molecule has 102 valence electrons. The summed E-state index contributed by atoms with van der Waals surface area (Å²) < 4.78 is 80.3. The first-order chi connectivity index (χ1) is 8.11. The first-order valence-electron chi connectivity index (χ1n) is 4.53. The van der Waals surface area contributed by atoms with E-state index in [2.05, 4.69) is 20.7 Å². The van der Waals surface area contributed by atoms with Gasteiger partial charge in [-0.25, -0.2) is 4.39 Å². The van der Waals surface area contributed by atoms with Crippen LogP contribution < -0.4 is 4.74 Å². The summed E-state index contributed by atoms with van der Waals surface area (Å²) in [4.78, 5) is -2.43. The van der Waals surface area contributed by atoms with E-state index < -0.39 is 28.3 Å². The summed E-state index contributed by atoms with van der Waals surface area (Å²) in [5.41, 5.74) is -0.611. The van der Waals surface area contributed by atoms with E-state index in [0.717, 1.165) is 19.2 Å². The molecule has 1 aromatic rings. The molecular formula is C10H7BrF6O. The van der Waals surface area contributed by atoms with Gasteiger partial charge < -0.3 is 4.74 Å². The Labute approximate surface area is 107 Å². The van der Waals surface area contributed by atoms with Crippen LogP contribution in [-0.4, -0.2) is 19.2 Å². The van der Waals surface area contributed by atoms with Crippen LogP contribution in [0.2, 0.25) is 0 Å². The number of rotatable bonds is 3. The lowest BCUT2D eigenvalue weighted by Gasteiger charge is -2.25. The number of hydrogen-bond acceptors (Lipinski definition) is 1. The highest BCUT2D eigenvalue weighted by molar-refractivity contribution is 9.09. The molecule has 0 saturated carbocycles. The minimum absolute atomic E-state index is 0.262. The highest BCUT2D eigenvalue weighted by Gasteiger charge is 2.62. The van der Waals surface area contributed by atoms with Crippen molar-refractivity contribution in [2.24, 2.45) is 0 Å². The van der Waals surface area contributed by atoms with Gasteiger partial charge in [0.1, 0.15) is 16.4 Å². The predicted octanol–water partition coefficient (Wildman–Crippen LogP) is 4.47. The molecule has 0 heterocycles. The summed E-state index contributed by atoms with van der Waals surface area (Å²) in [5, 5.41) is 0. The molecule has 0 aromatic heterocycles. The second kappa shape index (κ2) is 4.99. The van der Waals surface area contributed by atoms with E-state index in [4.69, 9.17) is 0 Å². The number of methoxy groups -OCH3 is 1. The van der Waals surface area contributed by atoms with Crippen LogP contribution in [0.3, 0.4) is 0 Å². The number of hydrogen-bond donors (Lipinski definition) is 0. The van der Waals surface area contributed by atoms with Crippen molar-refractivity contribution in [3.8, 4) is 5.75 Å². The molecule has 1 aromatic carbocycles. The van der Waals surface area contributed by atoms with E-state index in [1.54, 1.807) is 0 Å². The first-order valence-corrected chi connectivity index (χ1v) is 5.45. The predicted molar refractivity (Wildman–Crippen MR) is 55.6 cm³/mol. The lowest BCUT2D eigenvalue weighted by atomic mass is 10.1. The third kappa shape index (κ3) is 2.73. The van der Waals surface area contributed by atoms with Crippen molar-refractivity contribution in [1.82, 2.24) is 0 Å². The Kier molecular flexibility index (Phi) is 4.19. The van der Waals surface area contributed by atoms with Gasteiger partial charge in [0.25, 0.3) is 0 Å². The van der Waals surface area contributed by atoms with E-state index in [9.17, 15) is 26.3 Å². The molecule has 0 N–H and O–H groups in total. The smallest absolute Gasteiger partial charge is 0.454 e. The van der Waals surface area contributed by atoms with Crippen molar-refractivity contribution in [2.75, 3.05) is 7.11 Å². The summed E-state index contributed by atoms with van der Waals surface area (Å²) in [6, 6.07) is 2.44. The van der Waals surface area contributed by atoms with Gasteiger partial charge in [0.15, 0.2) is 0 Å². The fourth-order valence-electron chi connectivity index (χ4n) is 1.24. The van der Waals surface area contributed by atoms with Crippen LogP contribution in [0.1, 0.15) is 10.4 Å². The Balaban J connectivity index is 3.26. The van der Waals surface area contributed by atoms with Crippen LogP contribution >= 0.6 is 15.9 Å². The largest absolute Gasteiger partial charge is 0.496 e. The van der Waals surface area contributed by atoms with Crippen molar-refractivity contribution in [3.63, 3.8) is 0 Å². The minimum Gasteiger partial charge on any atom is -0.496 e. The average Bonchev–Trinajstić information content (AvgIpc) is 2.26. The van der Waals surface area contributed by atoms with Gasteiger partial charge in [-0.3, -0.25) is 0 Å². The third-order valence-electron chi connectivity index (χ3n) is 2.16. The van der Waals surface area contributed by atoms with Crippen LogP contribution in [-0.2, 0) is 0 Å². The summed E-state index contributed by atoms with van der Waals surface area (Å²) in [6.07, 6.45) is -5.75. The fraction of sp³-hybridized carbons (Fsp3) is 0.400. The molecule has 1 nitrogen and oxygen atoms in total. The van der Waals surface area contributed by atoms with Crippen molar-refractivity contribution in [3.05, 3.63) is 29.6 Å². The molecule has 0 aliphatic rings. The molecule has 18 heavy (non-hydrogen) atoms. The van der Waals surface area contributed by atoms with Crippen molar-refractivity contribution >= 4 is 15.9 Å². The second-order valence-electron chi connectivity index (χ2n) is 3.37. The van der Waals surface area contributed by atoms with Crippen LogP contribution in [0.5, 0.6) is 5.75 Å². The van der Waals surface area contributed by atoms with E-state index >= 15 is 0 Å². The van der Waals surface area contributed by atoms with E-state index in [0.29, 0.717) is 6.07 Å². The lowest BCUT2D eigenvalue weighted by molar-refractivity contribution is -0.281. The lowest BCUT2D eigenvalue weighted by Crippen LogP contribution is -2.40. The highest BCUT2D eigenvalue weighted by Crippen LogP contribution is 2.50. The van der Waals surface area contributed by atoms with Gasteiger partial charge in [-0.1, -0.05) is 15.9 Å². The highest BCUT2D eigenvalue weighted by atomic mass is 79.9. The zero-order chi connectivity index (χ0) is 14.1. The Hall–Kier alpha value is -0.920. The maximum Gasteiger partial charge on any atom is 0.454 e. The van der Waals surface area contributed by atoms with Crippen molar-refractivity contribution < 1.29 is 31.1 Å². The van der Waals surface area contributed by atoms with Crippen LogP contribution in [0.15, 0.2) is 18.2 Å². The van der Waals surface area contributed by atoms with Gasteiger partial charge in [-0.15, -0.1) is 0 Å². The molecule has 0 aliphatic heterocycles. The molecule has 0 fully saturated rings. The molecule has 0 aliphatic carbocycles. The minimum atomic E-state index is -5.75. The Morgan fingerprint density at radius 3 is 2.17 bits per heavy atom. The second-order valence-corrected chi connectivity index (χ2v) is 4.29. The SMILES string of the molecule is COc1ccc(F)cc1C(Br)C(F)(F)C(F)(F)F. The number of ether oxygens (including phenoxy) is 1. The summed E-state index contributed by atoms with van der Waals surface area (Å²) in [6.45, 7) is 0. The van der Waals surface area contributed by atoms with Crippen LogP contribution in [0, 0.1) is 5.82 Å². The van der Waals surface area contributed by atoms with Crippen molar-refractivity contribution in [1.29, 1.82) is 0 Å². The molecule has 1 atom stereocenters. The molecule has 8 heteroatoms. The number of benzene rings is 1. The molecule has 0 spiro atoms. The summed E-state index contributed by atoms with van der Waals surface area (Å²) >= 11 is 2.25. The van der Waals surface area contributed by atoms with Gasteiger partial charge in [-0.2, -0.15) is 22.0 Å². The monoisotopic (exact) mass is 336 g/mol. The quantitative estimate of drug-likeness (QED) is 0.584. The standard InChI is InChI=1S/C10H7BrF6O/c1-18-7-3-2-5(12)4-6(7)8(11)9(13,14)10(15,16)17/h2-4,8H,1H3. The Morgan fingerprint density at radius 1 is 1.17 bits per heavy atom. The molecule has 0 radical (unpaired) electrons. The van der Waals surface area contributed by atoms with E-state index in [1.807, 2.05) is 0 Å². The van der Waals surface area contributed by atoms with E-state index in [-0.39, 0.29) is 5.75 Å². The molecule has 1 unspecified atom stereocenters. The molecular weight excluding hydrogens is 330 g/mol. The molecule has 1 rings (SSSR count). The maximum atomic E-state index is 13.1. The van der Waals surface area contributed by atoms with Crippen LogP contribution in [0.25, 0.3) is 0 Å². The van der Waals surface area contributed by atoms with E-state index in [1.165, 1.54) is 0 Å². The fourth-order valence-corrected chi connectivity index (χ4v) is 1.86.